The molecule has 0 saturated heterocycles. The Balaban J connectivity index is 1.96. The highest BCUT2D eigenvalue weighted by Gasteiger charge is 2.08. The van der Waals surface area contributed by atoms with Crippen LogP contribution in [0.2, 0.25) is 10.0 Å². The van der Waals surface area contributed by atoms with Gasteiger partial charge in [0.05, 0.1) is 22.2 Å². The summed E-state index contributed by atoms with van der Waals surface area (Å²) in [6, 6.07) is 12.3. The van der Waals surface area contributed by atoms with E-state index in [9.17, 15) is 4.79 Å². The zero-order valence-electron chi connectivity index (χ0n) is 10.4. The summed E-state index contributed by atoms with van der Waals surface area (Å²) < 4.78 is 0. The van der Waals surface area contributed by atoms with Crippen LogP contribution in [-0.2, 0) is 4.79 Å². The third-order valence-corrected chi connectivity index (χ3v) is 4.22. The number of benzene rings is 2. The quantitative estimate of drug-likeness (QED) is 0.650. The number of anilines is 2. The van der Waals surface area contributed by atoms with Crippen LogP contribution in [0.4, 0.5) is 11.4 Å². The Labute approximate surface area is 131 Å². The highest BCUT2D eigenvalue weighted by Crippen LogP contribution is 2.30. The fraction of sp³-hybridized carbons (Fsp3) is 0.0714. The van der Waals surface area contributed by atoms with Crippen molar-refractivity contribution in [2.45, 2.75) is 4.90 Å². The maximum atomic E-state index is 11.9. The molecule has 0 bridgehead atoms. The monoisotopic (exact) mass is 326 g/mol. The lowest BCUT2D eigenvalue weighted by molar-refractivity contribution is -0.113. The molecule has 0 aromatic heterocycles. The van der Waals surface area contributed by atoms with E-state index in [-0.39, 0.29) is 11.7 Å². The molecule has 0 fully saturated rings. The maximum Gasteiger partial charge on any atom is 0.234 e. The zero-order valence-corrected chi connectivity index (χ0v) is 12.7. The number of halogens is 2. The van der Waals surface area contributed by atoms with Gasteiger partial charge in [0, 0.05) is 9.92 Å². The van der Waals surface area contributed by atoms with Gasteiger partial charge in [-0.05, 0) is 30.3 Å². The Bertz CT molecular complexity index is 634. The Morgan fingerprint density at radius 1 is 1.20 bits per heavy atom. The smallest absolute Gasteiger partial charge is 0.234 e. The molecule has 0 saturated carbocycles. The zero-order chi connectivity index (χ0) is 14.5. The Hall–Kier alpha value is -1.36. The van der Waals surface area contributed by atoms with Crippen molar-refractivity contribution in [3.8, 4) is 0 Å². The molecule has 20 heavy (non-hydrogen) atoms. The summed E-state index contributed by atoms with van der Waals surface area (Å²) in [4.78, 5) is 12.6. The number of carbonyl (C=O) groups excluding carboxylic acids is 1. The summed E-state index contributed by atoms with van der Waals surface area (Å²) in [5, 5.41) is 3.92. The van der Waals surface area contributed by atoms with E-state index in [4.69, 9.17) is 28.9 Å². The molecule has 0 radical (unpaired) electrons. The van der Waals surface area contributed by atoms with Crippen molar-refractivity contribution in [3.63, 3.8) is 0 Å². The van der Waals surface area contributed by atoms with Crippen molar-refractivity contribution in [1.29, 1.82) is 0 Å². The van der Waals surface area contributed by atoms with Crippen molar-refractivity contribution < 1.29 is 4.79 Å². The number of nitrogens with two attached hydrogens (primary N) is 1. The molecule has 2 aromatic rings. The number of nitrogen functional groups attached to an aromatic ring is 1. The Morgan fingerprint density at radius 2 is 1.95 bits per heavy atom. The van der Waals surface area contributed by atoms with Crippen LogP contribution in [-0.4, -0.2) is 11.7 Å². The Kier molecular flexibility index (Phi) is 5.17. The number of nitrogens with one attached hydrogen (secondary N) is 1. The lowest BCUT2D eigenvalue weighted by Gasteiger charge is -2.08. The van der Waals surface area contributed by atoms with Gasteiger partial charge in [-0.15, -0.1) is 11.8 Å². The molecular formula is C14H12Cl2N2OS. The molecule has 0 aliphatic rings. The van der Waals surface area contributed by atoms with Gasteiger partial charge in [0.15, 0.2) is 0 Å². The molecule has 3 nitrogen and oxygen atoms in total. The standard InChI is InChI=1S/C14H12Cl2N2OS/c15-9-5-6-10(16)13(7-9)20-8-14(19)18-12-4-2-1-3-11(12)17/h1-7H,8,17H2,(H,18,19). The van der Waals surface area contributed by atoms with Crippen molar-refractivity contribution in [3.05, 3.63) is 52.5 Å². The van der Waals surface area contributed by atoms with Gasteiger partial charge >= 0.3 is 0 Å². The van der Waals surface area contributed by atoms with Crippen LogP contribution in [0.1, 0.15) is 0 Å². The number of thioether (sulfide) groups is 1. The van der Waals surface area contributed by atoms with E-state index in [0.717, 1.165) is 4.90 Å². The highest BCUT2D eigenvalue weighted by molar-refractivity contribution is 8.00. The van der Waals surface area contributed by atoms with Crippen LogP contribution in [0.15, 0.2) is 47.4 Å². The molecule has 1 amide bonds. The Morgan fingerprint density at radius 3 is 2.70 bits per heavy atom. The lowest BCUT2D eigenvalue weighted by Crippen LogP contribution is -2.15. The molecule has 3 N–H and O–H groups in total. The number of rotatable bonds is 4. The van der Waals surface area contributed by atoms with E-state index >= 15 is 0 Å². The first-order valence-electron chi connectivity index (χ1n) is 5.78. The second-order valence-corrected chi connectivity index (χ2v) is 5.86. The number of para-hydroxylation sites is 2. The predicted octanol–water partition coefficient (Wildman–Crippen LogP) is 4.31. The van der Waals surface area contributed by atoms with Crippen molar-refractivity contribution in [2.75, 3.05) is 16.8 Å². The van der Waals surface area contributed by atoms with Crippen LogP contribution in [0.3, 0.4) is 0 Å². The normalized spacial score (nSPS) is 10.3. The van der Waals surface area contributed by atoms with Gasteiger partial charge in [-0.3, -0.25) is 4.79 Å². The number of carbonyl (C=O) groups is 1. The molecule has 0 spiro atoms. The van der Waals surface area contributed by atoms with Crippen LogP contribution < -0.4 is 11.1 Å². The molecule has 0 aliphatic carbocycles. The third-order valence-electron chi connectivity index (χ3n) is 2.49. The minimum Gasteiger partial charge on any atom is -0.397 e. The van der Waals surface area contributed by atoms with E-state index in [1.165, 1.54) is 11.8 Å². The lowest BCUT2D eigenvalue weighted by atomic mass is 10.3. The third kappa shape index (κ3) is 4.07. The number of amides is 1. The molecule has 0 unspecified atom stereocenters. The van der Waals surface area contributed by atoms with Gasteiger partial charge in [-0.1, -0.05) is 35.3 Å². The minimum atomic E-state index is -0.149. The van der Waals surface area contributed by atoms with Gasteiger partial charge in [0.25, 0.3) is 0 Å². The first kappa shape index (κ1) is 15.0. The second-order valence-electron chi connectivity index (χ2n) is 4.00. The van der Waals surface area contributed by atoms with Crippen molar-refractivity contribution in [1.82, 2.24) is 0 Å². The summed E-state index contributed by atoms with van der Waals surface area (Å²) in [5.41, 5.74) is 6.90. The topological polar surface area (TPSA) is 55.1 Å². The van der Waals surface area contributed by atoms with Gasteiger partial charge in [0.2, 0.25) is 5.91 Å². The van der Waals surface area contributed by atoms with Crippen molar-refractivity contribution >= 4 is 52.2 Å². The van der Waals surface area contributed by atoms with Crippen LogP contribution in [0.5, 0.6) is 0 Å². The maximum absolute atomic E-state index is 11.9. The summed E-state index contributed by atoms with van der Waals surface area (Å²) in [7, 11) is 0. The number of hydrogen-bond acceptors (Lipinski definition) is 3. The fourth-order valence-corrected chi connectivity index (χ4v) is 2.82. The second kappa shape index (κ2) is 6.88. The molecule has 0 aliphatic heterocycles. The SMILES string of the molecule is Nc1ccccc1NC(=O)CSc1cc(Cl)ccc1Cl. The molecular weight excluding hydrogens is 315 g/mol. The average molecular weight is 327 g/mol. The molecule has 0 heterocycles. The molecule has 6 heteroatoms. The first-order valence-corrected chi connectivity index (χ1v) is 7.52. The van der Waals surface area contributed by atoms with Gasteiger partial charge in [0.1, 0.15) is 0 Å². The van der Waals surface area contributed by atoms with E-state index in [1.807, 2.05) is 12.1 Å². The molecule has 2 rings (SSSR count). The summed E-state index contributed by atoms with van der Waals surface area (Å²) in [6.45, 7) is 0. The first-order chi connectivity index (χ1) is 9.56. The van der Waals surface area contributed by atoms with E-state index < -0.39 is 0 Å². The average Bonchev–Trinajstić information content (AvgIpc) is 2.42. The van der Waals surface area contributed by atoms with Crippen LogP contribution >= 0.6 is 35.0 Å². The van der Waals surface area contributed by atoms with E-state index in [1.54, 1.807) is 30.3 Å². The van der Waals surface area contributed by atoms with E-state index in [2.05, 4.69) is 5.32 Å². The largest absolute Gasteiger partial charge is 0.397 e. The van der Waals surface area contributed by atoms with Gasteiger partial charge in [-0.25, -0.2) is 0 Å². The highest BCUT2D eigenvalue weighted by atomic mass is 35.5. The number of hydrogen-bond donors (Lipinski definition) is 2. The minimum absolute atomic E-state index is 0.149. The fourth-order valence-electron chi connectivity index (χ4n) is 1.53. The van der Waals surface area contributed by atoms with Crippen molar-refractivity contribution in [2.24, 2.45) is 0 Å². The summed E-state index contributed by atoms with van der Waals surface area (Å²) in [5.74, 6) is 0.0814. The summed E-state index contributed by atoms with van der Waals surface area (Å²) in [6.07, 6.45) is 0. The van der Waals surface area contributed by atoms with Crippen LogP contribution in [0, 0.1) is 0 Å². The molecule has 0 atom stereocenters. The van der Waals surface area contributed by atoms with Gasteiger partial charge in [-0.2, -0.15) is 0 Å². The predicted molar refractivity (Wildman–Crippen MR) is 86.7 cm³/mol. The van der Waals surface area contributed by atoms with Gasteiger partial charge < -0.3 is 11.1 Å². The molecule has 2 aromatic carbocycles. The molecule has 104 valence electrons. The van der Waals surface area contributed by atoms with Crippen LogP contribution in [0.25, 0.3) is 0 Å². The van der Waals surface area contributed by atoms with E-state index in [0.29, 0.717) is 21.4 Å². The summed E-state index contributed by atoms with van der Waals surface area (Å²) >= 11 is 13.3.